The summed E-state index contributed by atoms with van der Waals surface area (Å²) in [5.74, 6) is -0.243. The summed E-state index contributed by atoms with van der Waals surface area (Å²) in [6.07, 6.45) is 0.720. The van der Waals surface area contributed by atoms with Crippen molar-refractivity contribution in [3.05, 3.63) is 68.2 Å². The van der Waals surface area contributed by atoms with Crippen molar-refractivity contribution >= 4 is 27.5 Å². The molecule has 1 atom stereocenters. The van der Waals surface area contributed by atoms with Gasteiger partial charge in [0.05, 0.1) is 11.0 Å². The SMILES string of the molecule is CC[C@H](NC(=O)COc1ccc(C)cc1[N+](=O)[O-])c1ccc(Br)cc1. The van der Waals surface area contributed by atoms with Crippen LogP contribution in [-0.4, -0.2) is 17.4 Å². The van der Waals surface area contributed by atoms with Crippen LogP contribution in [0.5, 0.6) is 5.75 Å². The van der Waals surface area contributed by atoms with Crippen LogP contribution in [0, 0.1) is 17.0 Å². The Morgan fingerprint density at radius 2 is 1.96 bits per heavy atom. The van der Waals surface area contributed by atoms with Crippen LogP contribution < -0.4 is 10.1 Å². The predicted molar refractivity (Wildman–Crippen MR) is 98.6 cm³/mol. The van der Waals surface area contributed by atoms with Gasteiger partial charge < -0.3 is 10.1 Å². The number of nitro benzene ring substituents is 1. The molecule has 0 aliphatic rings. The van der Waals surface area contributed by atoms with E-state index in [1.165, 1.54) is 12.1 Å². The highest BCUT2D eigenvalue weighted by molar-refractivity contribution is 9.10. The van der Waals surface area contributed by atoms with Gasteiger partial charge in [-0.25, -0.2) is 0 Å². The fraction of sp³-hybridized carbons (Fsp3) is 0.278. The van der Waals surface area contributed by atoms with Crippen LogP contribution in [-0.2, 0) is 4.79 Å². The average molecular weight is 407 g/mol. The summed E-state index contributed by atoms with van der Waals surface area (Å²) in [7, 11) is 0. The molecule has 6 nitrogen and oxygen atoms in total. The lowest BCUT2D eigenvalue weighted by Gasteiger charge is -2.18. The predicted octanol–water partition coefficient (Wildman–Crippen LogP) is 4.31. The first-order chi connectivity index (χ1) is 11.9. The molecule has 0 fully saturated rings. The van der Waals surface area contributed by atoms with E-state index in [2.05, 4.69) is 21.2 Å². The Morgan fingerprint density at radius 3 is 2.56 bits per heavy atom. The Labute approximate surface area is 154 Å². The molecule has 2 rings (SSSR count). The third kappa shape index (κ3) is 5.29. The van der Waals surface area contributed by atoms with Gasteiger partial charge in [-0.2, -0.15) is 0 Å². The van der Waals surface area contributed by atoms with Crippen LogP contribution in [0.1, 0.15) is 30.5 Å². The highest BCUT2D eigenvalue weighted by Crippen LogP contribution is 2.27. The number of nitrogens with one attached hydrogen (secondary N) is 1. The molecule has 0 saturated carbocycles. The molecule has 0 radical (unpaired) electrons. The second kappa shape index (κ2) is 8.62. The van der Waals surface area contributed by atoms with E-state index in [1.54, 1.807) is 13.0 Å². The van der Waals surface area contributed by atoms with Crippen molar-refractivity contribution in [1.29, 1.82) is 0 Å². The number of carbonyl (C=O) groups excluding carboxylic acids is 1. The topological polar surface area (TPSA) is 81.5 Å². The molecule has 0 saturated heterocycles. The van der Waals surface area contributed by atoms with E-state index in [0.29, 0.717) is 0 Å². The maximum atomic E-state index is 12.2. The molecule has 25 heavy (non-hydrogen) atoms. The lowest BCUT2D eigenvalue weighted by Crippen LogP contribution is -2.32. The zero-order chi connectivity index (χ0) is 18.4. The number of ether oxygens (including phenoxy) is 1. The number of hydrogen-bond donors (Lipinski definition) is 1. The average Bonchev–Trinajstić information content (AvgIpc) is 2.59. The molecule has 0 heterocycles. The largest absolute Gasteiger partial charge is 0.477 e. The van der Waals surface area contributed by atoms with Gasteiger partial charge in [0.2, 0.25) is 0 Å². The third-order valence-electron chi connectivity index (χ3n) is 3.69. The minimum atomic E-state index is -0.517. The number of rotatable bonds is 7. The Kier molecular flexibility index (Phi) is 6.52. The van der Waals surface area contributed by atoms with Crippen molar-refractivity contribution in [2.45, 2.75) is 26.3 Å². The van der Waals surface area contributed by atoms with Crippen molar-refractivity contribution in [2.75, 3.05) is 6.61 Å². The highest BCUT2D eigenvalue weighted by atomic mass is 79.9. The van der Waals surface area contributed by atoms with Gasteiger partial charge in [-0.1, -0.05) is 41.1 Å². The number of nitro groups is 1. The third-order valence-corrected chi connectivity index (χ3v) is 4.21. The number of benzene rings is 2. The van der Waals surface area contributed by atoms with E-state index >= 15 is 0 Å². The quantitative estimate of drug-likeness (QED) is 0.548. The van der Waals surface area contributed by atoms with Crippen LogP contribution in [0.25, 0.3) is 0 Å². The lowest BCUT2D eigenvalue weighted by molar-refractivity contribution is -0.385. The molecule has 0 aliphatic carbocycles. The minimum Gasteiger partial charge on any atom is -0.477 e. The Balaban J connectivity index is 2.00. The number of aryl methyl sites for hydroxylation is 1. The van der Waals surface area contributed by atoms with Crippen LogP contribution in [0.4, 0.5) is 5.69 Å². The van der Waals surface area contributed by atoms with Crippen molar-refractivity contribution in [3.63, 3.8) is 0 Å². The smallest absolute Gasteiger partial charge is 0.311 e. The van der Waals surface area contributed by atoms with Crippen molar-refractivity contribution in [2.24, 2.45) is 0 Å². The Bertz CT molecular complexity index is 762. The van der Waals surface area contributed by atoms with E-state index < -0.39 is 4.92 Å². The van der Waals surface area contributed by atoms with E-state index in [4.69, 9.17) is 4.74 Å². The minimum absolute atomic E-state index is 0.0856. The van der Waals surface area contributed by atoms with Crippen LogP contribution >= 0.6 is 15.9 Å². The van der Waals surface area contributed by atoms with Gasteiger partial charge in [0.1, 0.15) is 0 Å². The molecule has 132 valence electrons. The summed E-state index contributed by atoms with van der Waals surface area (Å²) in [5.41, 5.74) is 1.60. The zero-order valence-electron chi connectivity index (χ0n) is 14.0. The maximum absolute atomic E-state index is 12.2. The maximum Gasteiger partial charge on any atom is 0.311 e. The molecule has 0 aliphatic heterocycles. The number of hydrogen-bond acceptors (Lipinski definition) is 4. The number of carbonyl (C=O) groups is 1. The Hall–Kier alpha value is -2.41. The van der Waals surface area contributed by atoms with Crippen molar-refractivity contribution in [3.8, 4) is 5.75 Å². The van der Waals surface area contributed by atoms with E-state index in [1.807, 2.05) is 31.2 Å². The van der Waals surface area contributed by atoms with Crippen molar-refractivity contribution in [1.82, 2.24) is 5.32 Å². The summed E-state index contributed by atoms with van der Waals surface area (Å²) in [6, 6.07) is 12.2. The van der Waals surface area contributed by atoms with Gasteiger partial charge >= 0.3 is 5.69 Å². The van der Waals surface area contributed by atoms with Gasteiger partial charge in [0.25, 0.3) is 5.91 Å². The Morgan fingerprint density at radius 1 is 1.28 bits per heavy atom. The van der Waals surface area contributed by atoms with Gasteiger partial charge in [0, 0.05) is 10.5 Å². The molecular formula is C18H19BrN2O4. The molecule has 0 unspecified atom stereocenters. The molecular weight excluding hydrogens is 388 g/mol. The van der Waals surface area contributed by atoms with Crippen molar-refractivity contribution < 1.29 is 14.5 Å². The fourth-order valence-corrected chi connectivity index (χ4v) is 2.65. The molecule has 0 spiro atoms. The summed E-state index contributed by atoms with van der Waals surface area (Å²) >= 11 is 3.38. The summed E-state index contributed by atoms with van der Waals surface area (Å²) in [4.78, 5) is 22.7. The van der Waals surface area contributed by atoms with Gasteiger partial charge in [-0.05, 0) is 42.7 Å². The van der Waals surface area contributed by atoms with Gasteiger partial charge in [0.15, 0.2) is 12.4 Å². The number of amides is 1. The normalized spacial score (nSPS) is 11.6. The fourth-order valence-electron chi connectivity index (χ4n) is 2.39. The van der Waals surface area contributed by atoms with Crippen LogP contribution in [0.3, 0.4) is 0 Å². The molecule has 0 bridgehead atoms. The first-order valence-corrected chi connectivity index (χ1v) is 8.62. The van der Waals surface area contributed by atoms with E-state index in [0.717, 1.165) is 22.0 Å². The van der Waals surface area contributed by atoms with E-state index in [-0.39, 0.29) is 30.0 Å². The zero-order valence-corrected chi connectivity index (χ0v) is 15.6. The molecule has 0 aromatic heterocycles. The standard InChI is InChI=1S/C18H19BrN2O4/c1-3-15(13-5-7-14(19)8-6-13)20-18(22)11-25-17-9-4-12(2)10-16(17)21(23)24/h4-10,15H,3,11H2,1-2H3,(H,20,22)/t15-/m0/s1. The molecule has 1 N–H and O–H groups in total. The lowest BCUT2D eigenvalue weighted by atomic mass is 10.0. The highest BCUT2D eigenvalue weighted by Gasteiger charge is 2.18. The molecule has 7 heteroatoms. The number of nitrogens with zero attached hydrogens (tertiary/aromatic N) is 1. The monoisotopic (exact) mass is 406 g/mol. The van der Waals surface area contributed by atoms with Crippen LogP contribution in [0.15, 0.2) is 46.9 Å². The first kappa shape index (κ1) is 18.9. The van der Waals surface area contributed by atoms with Gasteiger partial charge in [-0.3, -0.25) is 14.9 Å². The summed E-state index contributed by atoms with van der Waals surface area (Å²) in [6.45, 7) is 3.45. The number of halogens is 1. The van der Waals surface area contributed by atoms with Crippen LogP contribution in [0.2, 0.25) is 0 Å². The first-order valence-electron chi connectivity index (χ1n) is 7.83. The van der Waals surface area contributed by atoms with Gasteiger partial charge in [-0.15, -0.1) is 0 Å². The summed E-state index contributed by atoms with van der Waals surface area (Å²) < 4.78 is 6.32. The molecule has 1 amide bonds. The summed E-state index contributed by atoms with van der Waals surface area (Å²) in [5, 5.41) is 14.0. The molecule has 2 aromatic rings. The van der Waals surface area contributed by atoms with E-state index in [9.17, 15) is 14.9 Å². The second-order valence-corrected chi connectivity index (χ2v) is 6.51. The second-order valence-electron chi connectivity index (χ2n) is 5.60. The molecule has 2 aromatic carbocycles.